The highest BCUT2D eigenvalue weighted by molar-refractivity contribution is 7.14. The Morgan fingerprint density at radius 1 is 1.14 bits per heavy atom. The first-order valence-electron chi connectivity index (χ1n) is 11.8. The van der Waals surface area contributed by atoms with Gasteiger partial charge in [0.2, 0.25) is 11.8 Å². The quantitative estimate of drug-likeness (QED) is 0.213. The first kappa shape index (κ1) is 28.2. The second-order valence-electron chi connectivity index (χ2n) is 8.76. The Kier molecular flexibility index (Phi) is 11.1. The maximum Gasteiger partial charge on any atom is 0.317 e. The van der Waals surface area contributed by atoms with Crippen molar-refractivity contribution in [1.29, 1.82) is 5.41 Å². The molecule has 1 saturated carbocycles. The van der Waals surface area contributed by atoms with Gasteiger partial charge >= 0.3 is 5.97 Å². The molecule has 2 heterocycles. The minimum atomic E-state index is -0.995. The Morgan fingerprint density at radius 3 is 2.37 bits per heavy atom. The molecule has 2 aliphatic rings. The average molecular weight is 510 g/mol. The lowest BCUT2D eigenvalue weighted by Gasteiger charge is -2.34. The monoisotopic (exact) mass is 509 g/mol. The van der Waals surface area contributed by atoms with Crippen LogP contribution in [0.4, 0.5) is 0 Å². The van der Waals surface area contributed by atoms with Gasteiger partial charge in [0.1, 0.15) is 11.9 Å². The zero-order valence-electron chi connectivity index (χ0n) is 19.9. The zero-order chi connectivity index (χ0) is 26.0. The number of thiophene rings is 1. The van der Waals surface area contributed by atoms with Crippen LogP contribution in [0.2, 0.25) is 0 Å². The van der Waals surface area contributed by atoms with Gasteiger partial charge in [0, 0.05) is 18.3 Å². The molecular weight excluding hydrogens is 474 g/mol. The van der Waals surface area contributed by atoms with E-state index in [1.807, 2.05) is 6.07 Å². The van der Waals surface area contributed by atoms with Crippen LogP contribution >= 0.6 is 11.3 Å². The van der Waals surface area contributed by atoms with Crippen molar-refractivity contribution >= 4 is 40.9 Å². The largest absolute Gasteiger partial charge is 0.481 e. The van der Waals surface area contributed by atoms with E-state index in [4.69, 9.17) is 26.2 Å². The van der Waals surface area contributed by atoms with E-state index >= 15 is 0 Å². The van der Waals surface area contributed by atoms with Crippen LogP contribution in [0.1, 0.15) is 61.6 Å². The molecular formula is C23H35N5O6S. The van der Waals surface area contributed by atoms with Crippen LogP contribution in [-0.4, -0.2) is 69.9 Å². The van der Waals surface area contributed by atoms with E-state index in [0.29, 0.717) is 24.4 Å². The van der Waals surface area contributed by atoms with Crippen LogP contribution < -0.4 is 16.4 Å². The molecule has 1 saturated heterocycles. The highest BCUT2D eigenvalue weighted by Gasteiger charge is 2.40. The molecule has 2 unspecified atom stereocenters. The number of nitrogens with zero attached hydrogens (tertiary/aromatic N) is 1. The molecule has 35 heavy (non-hydrogen) atoms. The zero-order valence-corrected chi connectivity index (χ0v) is 20.7. The number of likely N-dealkylation sites (tertiary alicyclic amines) is 1. The van der Waals surface area contributed by atoms with E-state index < -0.39 is 24.0 Å². The van der Waals surface area contributed by atoms with Gasteiger partial charge in [-0.3, -0.25) is 29.9 Å². The Morgan fingerprint density at radius 2 is 1.80 bits per heavy atom. The lowest BCUT2D eigenvalue weighted by molar-refractivity contribution is -0.142. The topological polar surface area (TPSA) is 186 Å². The number of hydrogen-bond donors (Lipinski definition) is 6. The molecule has 11 nitrogen and oxygen atoms in total. The fraction of sp³-hybridized carbons (Fsp3) is 0.609. The van der Waals surface area contributed by atoms with Gasteiger partial charge in [-0.25, -0.2) is 0 Å². The Bertz CT molecular complexity index is 910. The first-order valence-corrected chi connectivity index (χ1v) is 12.6. The fourth-order valence-electron chi connectivity index (χ4n) is 4.51. The molecule has 194 valence electrons. The van der Waals surface area contributed by atoms with Gasteiger partial charge in [0.05, 0.1) is 24.0 Å². The number of carbonyl (C=O) groups excluding carboxylic acids is 2. The van der Waals surface area contributed by atoms with Crippen LogP contribution in [-0.2, 0) is 25.7 Å². The smallest absolute Gasteiger partial charge is 0.317 e. The van der Waals surface area contributed by atoms with Crippen molar-refractivity contribution in [1.82, 2.24) is 15.5 Å². The summed E-state index contributed by atoms with van der Waals surface area (Å²) in [6.07, 6.45) is 6.34. The molecule has 1 aromatic heterocycles. The lowest BCUT2D eigenvalue weighted by atomic mass is 9.83. The van der Waals surface area contributed by atoms with Crippen LogP contribution in [0.25, 0.3) is 0 Å². The summed E-state index contributed by atoms with van der Waals surface area (Å²) in [5, 5.41) is 29.8. The third-order valence-corrected chi connectivity index (χ3v) is 7.18. The standard InChI is InChI=1S/C21H31N5O4S.C2H4O2/c22-19(23)16-9-8-14(31-16)11-25-20(29)15-7-4-10-26(15)21(30)18(24-12-17(27)28)13-5-2-1-3-6-13;1-2(3)4/h8-9,13,15,18,24H,1-7,10-12H2,(H3,22,23)(H,25,29)(H,27,28);1H3,(H,3,4). The van der Waals surface area contributed by atoms with Crippen molar-refractivity contribution in [3.63, 3.8) is 0 Å². The number of hydrogen-bond acceptors (Lipinski definition) is 7. The molecule has 12 heteroatoms. The van der Waals surface area contributed by atoms with Crippen LogP contribution in [0.5, 0.6) is 0 Å². The molecule has 3 rings (SSSR count). The Hall–Kier alpha value is -2.99. The summed E-state index contributed by atoms with van der Waals surface area (Å²) >= 11 is 1.36. The predicted molar refractivity (Wildman–Crippen MR) is 131 cm³/mol. The number of carboxylic acid groups (broad SMARTS) is 2. The molecule has 0 aromatic carbocycles. The summed E-state index contributed by atoms with van der Waals surface area (Å²) < 4.78 is 0. The number of carboxylic acids is 2. The van der Waals surface area contributed by atoms with Gasteiger partial charge < -0.3 is 26.2 Å². The minimum Gasteiger partial charge on any atom is -0.481 e. The summed E-state index contributed by atoms with van der Waals surface area (Å²) in [4.78, 5) is 49.5. The lowest BCUT2D eigenvalue weighted by Crippen LogP contribution is -2.55. The summed E-state index contributed by atoms with van der Waals surface area (Å²) in [5.74, 6) is -2.10. The molecule has 2 atom stereocenters. The van der Waals surface area contributed by atoms with Gasteiger partial charge in [-0.15, -0.1) is 11.3 Å². The highest BCUT2D eigenvalue weighted by atomic mass is 32.1. The maximum atomic E-state index is 13.4. The maximum absolute atomic E-state index is 13.4. The number of aliphatic carboxylic acids is 2. The summed E-state index contributed by atoms with van der Waals surface area (Å²) in [6.45, 7) is 1.63. The number of nitrogens with two attached hydrogens (primary N) is 1. The summed E-state index contributed by atoms with van der Waals surface area (Å²) in [5.41, 5.74) is 5.49. The van der Waals surface area contributed by atoms with Gasteiger partial charge in [-0.05, 0) is 43.7 Å². The molecule has 1 aromatic rings. The van der Waals surface area contributed by atoms with E-state index in [1.54, 1.807) is 11.0 Å². The van der Waals surface area contributed by atoms with Crippen molar-refractivity contribution < 1.29 is 29.4 Å². The van der Waals surface area contributed by atoms with Crippen molar-refractivity contribution in [3.05, 3.63) is 21.9 Å². The van der Waals surface area contributed by atoms with Crippen LogP contribution in [0.15, 0.2) is 12.1 Å². The number of amides is 2. The molecule has 0 radical (unpaired) electrons. The minimum absolute atomic E-state index is 0.00208. The summed E-state index contributed by atoms with van der Waals surface area (Å²) in [6, 6.07) is 2.47. The van der Waals surface area contributed by atoms with Crippen molar-refractivity contribution in [3.8, 4) is 0 Å². The fourth-order valence-corrected chi connectivity index (χ4v) is 5.32. The van der Waals surface area contributed by atoms with E-state index in [0.717, 1.165) is 50.3 Å². The Balaban J connectivity index is 0.00000100. The molecule has 0 spiro atoms. The van der Waals surface area contributed by atoms with Crippen molar-refractivity contribution in [2.24, 2.45) is 11.7 Å². The third-order valence-electron chi connectivity index (χ3n) is 6.06. The van der Waals surface area contributed by atoms with Crippen molar-refractivity contribution in [2.75, 3.05) is 13.1 Å². The molecule has 1 aliphatic heterocycles. The number of nitrogen functional groups attached to an aromatic ring is 1. The highest BCUT2D eigenvalue weighted by Crippen LogP contribution is 2.29. The van der Waals surface area contributed by atoms with E-state index in [1.165, 1.54) is 11.3 Å². The van der Waals surface area contributed by atoms with E-state index in [9.17, 15) is 14.4 Å². The molecule has 2 amide bonds. The van der Waals surface area contributed by atoms with Crippen LogP contribution in [0.3, 0.4) is 0 Å². The summed E-state index contributed by atoms with van der Waals surface area (Å²) in [7, 11) is 0. The van der Waals surface area contributed by atoms with Crippen LogP contribution in [0, 0.1) is 11.3 Å². The number of nitrogens with one attached hydrogen (secondary N) is 3. The van der Waals surface area contributed by atoms with Gasteiger partial charge in [0.15, 0.2) is 0 Å². The number of amidine groups is 1. The first-order chi connectivity index (χ1) is 16.6. The van der Waals surface area contributed by atoms with E-state index in [2.05, 4.69) is 10.6 Å². The average Bonchev–Trinajstić information content (AvgIpc) is 3.48. The third kappa shape index (κ3) is 8.95. The van der Waals surface area contributed by atoms with E-state index in [-0.39, 0.29) is 30.1 Å². The molecule has 1 aliphatic carbocycles. The second-order valence-corrected chi connectivity index (χ2v) is 9.92. The predicted octanol–water partition coefficient (Wildman–Crippen LogP) is 1.35. The van der Waals surface area contributed by atoms with Gasteiger partial charge in [-0.2, -0.15) is 0 Å². The normalized spacial score (nSPS) is 18.8. The van der Waals surface area contributed by atoms with Gasteiger partial charge in [-0.1, -0.05) is 19.3 Å². The SMILES string of the molecule is CC(=O)O.N=C(N)c1ccc(CNC(=O)C2CCCN2C(=O)C(NCC(=O)O)C2CCCCC2)s1. The molecule has 2 fully saturated rings. The molecule has 0 bridgehead atoms. The second kappa shape index (κ2) is 13.8. The van der Waals surface area contributed by atoms with Gasteiger partial charge in [0.25, 0.3) is 5.97 Å². The molecule has 7 N–H and O–H groups in total. The number of carbonyl (C=O) groups is 4. The Labute approximate surface area is 208 Å². The number of rotatable bonds is 9. The van der Waals surface area contributed by atoms with Crippen molar-refractivity contribution in [2.45, 2.75) is 70.5 Å².